The molecule has 0 spiro atoms. The van der Waals surface area contributed by atoms with Crippen molar-refractivity contribution in [3.63, 3.8) is 0 Å². The van der Waals surface area contributed by atoms with E-state index in [4.69, 9.17) is 9.47 Å². The van der Waals surface area contributed by atoms with Gasteiger partial charge in [0.1, 0.15) is 17.2 Å². The van der Waals surface area contributed by atoms with Crippen molar-refractivity contribution in [2.24, 2.45) is 0 Å². The Labute approximate surface area is 274 Å². The molecule has 0 unspecified atom stereocenters. The fourth-order valence-electron chi connectivity index (χ4n) is 6.06. The van der Waals surface area contributed by atoms with Crippen LogP contribution in [0.1, 0.15) is 63.2 Å². The van der Waals surface area contributed by atoms with Crippen molar-refractivity contribution in [3.05, 3.63) is 78.2 Å². The molecule has 0 radical (unpaired) electrons. The van der Waals surface area contributed by atoms with Crippen molar-refractivity contribution in [2.75, 3.05) is 41.3 Å². The highest BCUT2D eigenvalue weighted by Crippen LogP contribution is 2.35. The number of hydrogen-bond acceptors (Lipinski definition) is 8. The molecule has 4 aromatic rings. The van der Waals surface area contributed by atoms with Crippen LogP contribution in [0.4, 0.5) is 26.5 Å². The molecule has 2 aliphatic rings. The van der Waals surface area contributed by atoms with Gasteiger partial charge in [0.2, 0.25) is 11.8 Å². The van der Waals surface area contributed by atoms with Gasteiger partial charge in [0.25, 0.3) is 5.91 Å². The molecule has 0 aliphatic carbocycles. The summed E-state index contributed by atoms with van der Waals surface area (Å²) in [7, 11) is 0. The number of piperidine rings is 2. The first-order valence-corrected chi connectivity index (χ1v) is 16.3. The molecule has 2 N–H and O–H groups in total. The molecule has 11 heteroatoms. The number of anilines is 3. The molecule has 0 bridgehead atoms. The normalized spacial score (nSPS) is 15.7. The fourth-order valence-corrected chi connectivity index (χ4v) is 6.06. The van der Waals surface area contributed by atoms with Gasteiger partial charge in [0.15, 0.2) is 0 Å². The van der Waals surface area contributed by atoms with Gasteiger partial charge in [-0.25, -0.2) is 14.2 Å². The number of fused-ring (bicyclic) bond motifs is 1. The van der Waals surface area contributed by atoms with Crippen LogP contribution in [-0.4, -0.2) is 59.8 Å². The minimum absolute atomic E-state index is 0.0172. The SMILES string of the molecule is CC(C)(C)OC(=O)NC1CCN(c2nccc(Oc3ccc(NC(=O)c4cc(F)cc(N5CCCCC5)c4)c4ccccc34)n2)CC1. The molecular weight excluding hydrogens is 599 g/mol. The first kappa shape index (κ1) is 32.0. The minimum Gasteiger partial charge on any atom is -0.444 e. The predicted molar refractivity (Wildman–Crippen MR) is 181 cm³/mol. The number of carbonyl (C=O) groups is 2. The molecule has 3 heterocycles. The second kappa shape index (κ2) is 13.8. The number of carbonyl (C=O) groups excluding carboxylic acids is 2. The molecule has 2 aliphatic heterocycles. The van der Waals surface area contributed by atoms with Crippen LogP contribution in [0, 0.1) is 5.82 Å². The summed E-state index contributed by atoms with van der Waals surface area (Å²) in [6.07, 6.45) is 6.01. The van der Waals surface area contributed by atoms with Crippen LogP contribution in [0.5, 0.6) is 11.6 Å². The molecule has 246 valence electrons. The van der Waals surface area contributed by atoms with E-state index in [2.05, 4.69) is 30.4 Å². The van der Waals surface area contributed by atoms with Crippen molar-refractivity contribution in [1.82, 2.24) is 15.3 Å². The number of nitrogens with zero attached hydrogens (tertiary/aromatic N) is 4. The number of ether oxygens (including phenoxy) is 2. The van der Waals surface area contributed by atoms with Crippen molar-refractivity contribution >= 4 is 40.1 Å². The van der Waals surface area contributed by atoms with Gasteiger partial charge in [-0.1, -0.05) is 24.3 Å². The van der Waals surface area contributed by atoms with E-state index in [1.807, 2.05) is 45.0 Å². The lowest BCUT2D eigenvalue weighted by Crippen LogP contribution is -2.46. The second-order valence-corrected chi connectivity index (χ2v) is 13.1. The lowest BCUT2D eigenvalue weighted by molar-refractivity contribution is 0.0497. The summed E-state index contributed by atoms with van der Waals surface area (Å²) in [4.78, 5) is 38.9. The molecule has 2 amide bonds. The molecule has 47 heavy (non-hydrogen) atoms. The number of nitrogens with one attached hydrogen (secondary N) is 2. The number of amides is 2. The Bertz CT molecular complexity index is 1750. The summed E-state index contributed by atoms with van der Waals surface area (Å²) in [5.74, 6) is 0.688. The maximum atomic E-state index is 14.6. The molecule has 3 aromatic carbocycles. The molecule has 10 nitrogen and oxygen atoms in total. The molecule has 2 saturated heterocycles. The van der Waals surface area contributed by atoms with Gasteiger partial charge in [0.05, 0.1) is 0 Å². The second-order valence-electron chi connectivity index (χ2n) is 13.1. The molecule has 6 rings (SSSR count). The van der Waals surface area contributed by atoms with Crippen molar-refractivity contribution in [1.29, 1.82) is 0 Å². The number of benzene rings is 3. The Balaban J connectivity index is 1.14. The largest absolute Gasteiger partial charge is 0.444 e. The molecule has 1 aromatic heterocycles. The highest BCUT2D eigenvalue weighted by molar-refractivity contribution is 6.10. The summed E-state index contributed by atoms with van der Waals surface area (Å²) in [6.45, 7) is 8.59. The van der Waals surface area contributed by atoms with Gasteiger partial charge in [-0.15, -0.1) is 0 Å². The highest BCUT2D eigenvalue weighted by atomic mass is 19.1. The molecule has 2 fully saturated rings. The highest BCUT2D eigenvalue weighted by Gasteiger charge is 2.25. The molecular formula is C36H41FN6O4. The van der Waals surface area contributed by atoms with E-state index in [1.165, 1.54) is 18.6 Å². The summed E-state index contributed by atoms with van der Waals surface area (Å²) < 4.78 is 26.3. The number of hydrogen-bond donors (Lipinski definition) is 2. The van der Waals surface area contributed by atoms with E-state index >= 15 is 0 Å². The third-order valence-corrected chi connectivity index (χ3v) is 8.33. The van der Waals surface area contributed by atoms with Crippen LogP contribution in [-0.2, 0) is 4.74 Å². The zero-order valence-corrected chi connectivity index (χ0v) is 27.1. The zero-order valence-electron chi connectivity index (χ0n) is 27.1. The van der Waals surface area contributed by atoms with E-state index in [-0.39, 0.29) is 17.5 Å². The van der Waals surface area contributed by atoms with Crippen LogP contribution in [0.3, 0.4) is 0 Å². The lowest BCUT2D eigenvalue weighted by Gasteiger charge is -2.32. The Morgan fingerprint density at radius 2 is 1.64 bits per heavy atom. The zero-order chi connectivity index (χ0) is 33.0. The standard InChI is InChI=1S/C36H41FN6O4/c1-36(2,3)47-35(45)39-26-14-19-43(20-15-26)34-38-16-13-32(41-34)46-31-12-11-30(28-9-5-6-10-29(28)31)40-33(44)24-21-25(37)23-27(22-24)42-17-7-4-8-18-42/h5-6,9-13,16,21-23,26H,4,7-8,14-15,17-20H2,1-3H3,(H,39,45)(H,40,44). The van der Waals surface area contributed by atoms with Crippen LogP contribution in [0.25, 0.3) is 10.8 Å². The summed E-state index contributed by atoms with van der Waals surface area (Å²) in [5, 5.41) is 7.50. The third-order valence-electron chi connectivity index (χ3n) is 8.33. The van der Waals surface area contributed by atoms with Crippen LogP contribution in [0.2, 0.25) is 0 Å². The van der Waals surface area contributed by atoms with Gasteiger partial charge in [0, 0.05) is 72.2 Å². The monoisotopic (exact) mass is 640 g/mol. The topological polar surface area (TPSA) is 109 Å². The maximum absolute atomic E-state index is 14.6. The summed E-state index contributed by atoms with van der Waals surface area (Å²) in [5.41, 5.74) is 1.05. The average molecular weight is 641 g/mol. The first-order valence-electron chi connectivity index (χ1n) is 16.3. The van der Waals surface area contributed by atoms with E-state index in [0.717, 1.165) is 55.2 Å². The van der Waals surface area contributed by atoms with Crippen LogP contribution in [0.15, 0.2) is 66.9 Å². The first-order chi connectivity index (χ1) is 22.6. The maximum Gasteiger partial charge on any atom is 0.407 e. The van der Waals surface area contributed by atoms with Gasteiger partial charge >= 0.3 is 6.09 Å². The Morgan fingerprint density at radius 3 is 2.38 bits per heavy atom. The predicted octanol–water partition coefficient (Wildman–Crippen LogP) is 7.30. The molecule has 0 saturated carbocycles. The summed E-state index contributed by atoms with van der Waals surface area (Å²) >= 11 is 0. The van der Waals surface area contributed by atoms with Gasteiger partial charge < -0.3 is 29.9 Å². The Hall–Kier alpha value is -4.93. The van der Waals surface area contributed by atoms with Gasteiger partial charge in [-0.2, -0.15) is 4.98 Å². The number of aromatic nitrogens is 2. The fraction of sp³-hybridized carbons (Fsp3) is 0.389. The van der Waals surface area contributed by atoms with Crippen molar-refractivity contribution in [3.8, 4) is 11.6 Å². The van der Waals surface area contributed by atoms with Crippen molar-refractivity contribution < 1.29 is 23.5 Å². The quantitative estimate of drug-likeness (QED) is 0.217. The molecule has 0 atom stereocenters. The van der Waals surface area contributed by atoms with E-state index in [0.29, 0.717) is 36.4 Å². The van der Waals surface area contributed by atoms with Crippen LogP contribution >= 0.6 is 0 Å². The van der Waals surface area contributed by atoms with E-state index in [9.17, 15) is 14.0 Å². The number of halogens is 1. The number of rotatable bonds is 7. The average Bonchev–Trinajstić information content (AvgIpc) is 3.05. The Morgan fingerprint density at radius 1 is 0.894 bits per heavy atom. The van der Waals surface area contributed by atoms with Crippen molar-refractivity contribution in [2.45, 2.75) is 64.5 Å². The number of alkyl carbamates (subject to hydrolysis) is 1. The minimum atomic E-state index is -0.543. The summed E-state index contributed by atoms with van der Waals surface area (Å²) in [6, 6.07) is 17.4. The lowest BCUT2D eigenvalue weighted by atomic mass is 10.1. The van der Waals surface area contributed by atoms with Crippen LogP contribution < -0.4 is 25.2 Å². The third kappa shape index (κ3) is 8.08. The van der Waals surface area contributed by atoms with Gasteiger partial charge in [-0.05, 0) is 83.2 Å². The van der Waals surface area contributed by atoms with E-state index in [1.54, 1.807) is 30.5 Å². The Kier molecular flexibility index (Phi) is 9.42. The van der Waals surface area contributed by atoms with E-state index < -0.39 is 17.5 Å². The smallest absolute Gasteiger partial charge is 0.407 e. The van der Waals surface area contributed by atoms with Gasteiger partial charge in [-0.3, -0.25) is 4.79 Å².